The molecule has 0 saturated heterocycles. The molecule has 1 unspecified atom stereocenters. The van der Waals surface area contributed by atoms with Gasteiger partial charge < -0.3 is 15.2 Å². The number of ether oxygens (including phenoxy) is 1. The number of halogens is 11. The molecule has 6 nitrogen and oxygen atoms in total. The number of carboxylic acid groups (broad SMARTS) is 1. The molecule has 0 saturated carbocycles. The molecule has 36 heavy (non-hydrogen) atoms. The maximum Gasteiger partial charge on any atom is 0.457 e. The number of carbonyl (C=O) groups is 2. The summed E-state index contributed by atoms with van der Waals surface area (Å²) in [4.78, 5) is 23.5. The minimum absolute atomic E-state index is 0.199. The summed E-state index contributed by atoms with van der Waals surface area (Å²) in [5.41, 5.74) is -9.97. The molecule has 2 amide bonds. The number of alkyl halides is 9. The highest BCUT2D eigenvalue weighted by molar-refractivity contribution is 6.40. The topological polar surface area (TPSA) is 87.7 Å². The van der Waals surface area contributed by atoms with Crippen LogP contribution in [0.5, 0.6) is 5.75 Å². The third kappa shape index (κ3) is 5.07. The van der Waals surface area contributed by atoms with Gasteiger partial charge in [0.25, 0.3) is 5.91 Å². The van der Waals surface area contributed by atoms with Gasteiger partial charge in [-0.15, -0.1) is 0 Å². The summed E-state index contributed by atoms with van der Waals surface area (Å²) in [6.45, 7) is 0. The smallest absolute Gasteiger partial charge is 0.457 e. The van der Waals surface area contributed by atoms with Gasteiger partial charge in [0.2, 0.25) is 0 Å². The zero-order valence-electron chi connectivity index (χ0n) is 17.2. The number of rotatable bonds is 6. The van der Waals surface area contributed by atoms with Crippen LogP contribution in [-0.2, 0) is 5.67 Å². The summed E-state index contributed by atoms with van der Waals surface area (Å²) in [6.07, 6.45) is -15.3. The highest BCUT2D eigenvalue weighted by Crippen LogP contribution is 2.59. The largest absolute Gasteiger partial charge is 0.494 e. The van der Waals surface area contributed by atoms with Crippen molar-refractivity contribution in [3.8, 4) is 5.75 Å². The Morgan fingerprint density at radius 2 is 1.42 bits per heavy atom. The maximum atomic E-state index is 14.7. The van der Waals surface area contributed by atoms with E-state index in [1.165, 1.54) is 12.1 Å². The van der Waals surface area contributed by atoms with Crippen LogP contribution < -0.4 is 15.4 Å². The van der Waals surface area contributed by atoms with Gasteiger partial charge in [-0.25, -0.2) is 9.18 Å². The summed E-state index contributed by atoms with van der Waals surface area (Å²) in [7, 11) is 1.05. The van der Waals surface area contributed by atoms with Crippen LogP contribution in [0.4, 0.5) is 55.7 Å². The van der Waals surface area contributed by atoms with Crippen LogP contribution in [0.3, 0.4) is 0 Å². The molecule has 0 aliphatic heterocycles. The van der Waals surface area contributed by atoms with Crippen LogP contribution in [-0.4, -0.2) is 42.5 Å². The first-order valence-corrected chi connectivity index (χ1v) is 9.73. The molecule has 0 heterocycles. The number of benzene rings is 2. The molecule has 0 spiro atoms. The summed E-state index contributed by atoms with van der Waals surface area (Å²) in [6, 6.07) is 3.08. The van der Waals surface area contributed by atoms with Crippen molar-refractivity contribution in [2.75, 3.05) is 17.7 Å². The Bertz CT molecular complexity index is 1170. The van der Waals surface area contributed by atoms with Crippen LogP contribution in [0.25, 0.3) is 0 Å². The number of hydrogen-bond donors (Lipinski definition) is 3. The Balaban J connectivity index is 2.59. The van der Waals surface area contributed by atoms with Gasteiger partial charge in [-0.3, -0.25) is 10.1 Å². The first-order chi connectivity index (χ1) is 16.3. The average Bonchev–Trinajstić information content (AvgIpc) is 2.72. The average molecular weight is 573 g/mol. The lowest BCUT2D eigenvalue weighted by atomic mass is 9.87. The Morgan fingerprint density at radius 1 is 0.889 bits per heavy atom. The Kier molecular flexibility index (Phi) is 7.91. The fraction of sp³-hybridized carbons (Fsp3) is 0.263. The molecule has 0 aliphatic carbocycles. The third-order valence-electron chi connectivity index (χ3n) is 4.56. The van der Waals surface area contributed by atoms with Crippen LogP contribution in [0, 0.1) is 0 Å². The molecule has 0 aliphatic rings. The number of anilines is 2. The van der Waals surface area contributed by atoms with E-state index < -0.39 is 62.8 Å². The van der Waals surface area contributed by atoms with E-state index >= 15 is 0 Å². The Morgan fingerprint density at radius 3 is 1.83 bits per heavy atom. The van der Waals surface area contributed by atoms with Gasteiger partial charge in [0, 0.05) is 5.56 Å². The van der Waals surface area contributed by atoms with Crippen molar-refractivity contribution in [2.45, 2.75) is 23.9 Å². The van der Waals surface area contributed by atoms with Crippen LogP contribution in [0.2, 0.25) is 10.0 Å². The number of hydrogen-bond acceptors (Lipinski definition) is 3. The van der Waals surface area contributed by atoms with Gasteiger partial charge in [-0.05, 0) is 24.3 Å². The van der Waals surface area contributed by atoms with Gasteiger partial charge >= 0.3 is 30.0 Å². The van der Waals surface area contributed by atoms with E-state index in [2.05, 4.69) is 0 Å². The summed E-state index contributed by atoms with van der Waals surface area (Å²) in [5.74, 6) is -8.48. The molecular weight excluding hydrogens is 562 g/mol. The van der Waals surface area contributed by atoms with Crippen LogP contribution >= 0.6 is 23.2 Å². The van der Waals surface area contributed by atoms with E-state index in [0.717, 1.165) is 13.2 Å². The first kappa shape index (κ1) is 29.2. The van der Waals surface area contributed by atoms with Gasteiger partial charge in [-0.2, -0.15) is 35.1 Å². The molecule has 0 radical (unpaired) electrons. The standard InChI is InChI=1S/C19H11Cl2F9N2O4/c1-36-13-8(3-2-4-11(13)31-15(34)35)14(33)32-12-9(20)5-7(6-10(12)21)16(22,18(25,26)27)17(23,24)19(28,29)30/h2-6,31H,1H3,(H,32,33)(H,34,35). The second-order valence-corrected chi connectivity index (χ2v) is 7.63. The molecule has 198 valence electrons. The second kappa shape index (κ2) is 9.76. The molecule has 0 bridgehead atoms. The normalized spacial score (nSPS) is 14.1. The number of methoxy groups -OCH3 is 1. The molecule has 2 rings (SSSR count). The van der Waals surface area contributed by atoms with E-state index in [9.17, 15) is 49.1 Å². The molecule has 1 atom stereocenters. The number of para-hydroxylation sites is 1. The summed E-state index contributed by atoms with van der Waals surface area (Å²) >= 11 is 11.4. The maximum absolute atomic E-state index is 14.7. The molecule has 2 aromatic carbocycles. The lowest BCUT2D eigenvalue weighted by Crippen LogP contribution is -2.59. The number of nitrogens with one attached hydrogen (secondary N) is 2. The van der Waals surface area contributed by atoms with Crippen molar-refractivity contribution in [3.63, 3.8) is 0 Å². The van der Waals surface area contributed by atoms with E-state index in [1.54, 1.807) is 0 Å². The lowest BCUT2D eigenvalue weighted by molar-refractivity contribution is -0.389. The van der Waals surface area contributed by atoms with Crippen molar-refractivity contribution < 1.29 is 58.9 Å². The van der Waals surface area contributed by atoms with Crippen molar-refractivity contribution in [2.24, 2.45) is 0 Å². The monoisotopic (exact) mass is 572 g/mol. The third-order valence-corrected chi connectivity index (χ3v) is 5.16. The van der Waals surface area contributed by atoms with E-state index in [0.29, 0.717) is 0 Å². The molecule has 2 aromatic rings. The molecule has 3 N–H and O–H groups in total. The van der Waals surface area contributed by atoms with Crippen LogP contribution in [0.15, 0.2) is 30.3 Å². The lowest BCUT2D eigenvalue weighted by Gasteiger charge is -2.36. The second-order valence-electron chi connectivity index (χ2n) is 6.81. The van der Waals surface area contributed by atoms with Gasteiger partial charge in [0.15, 0.2) is 5.75 Å². The molecule has 0 fully saturated rings. The molecule has 17 heteroatoms. The predicted octanol–water partition coefficient (Wildman–Crippen LogP) is 7.27. The van der Waals surface area contributed by atoms with Gasteiger partial charge in [0.1, 0.15) is 0 Å². The minimum Gasteiger partial charge on any atom is -0.494 e. The highest BCUT2D eigenvalue weighted by atomic mass is 35.5. The zero-order valence-corrected chi connectivity index (χ0v) is 18.7. The quantitative estimate of drug-likeness (QED) is 0.318. The number of amides is 2. The summed E-state index contributed by atoms with van der Waals surface area (Å²) in [5, 5.41) is 10.5. The van der Waals surface area contributed by atoms with Gasteiger partial charge in [0.05, 0.1) is 34.1 Å². The Labute approximate surface area is 204 Å². The molecule has 0 aromatic heterocycles. The summed E-state index contributed by atoms with van der Waals surface area (Å²) < 4.78 is 125. The zero-order chi connectivity index (χ0) is 27.9. The van der Waals surface area contributed by atoms with Crippen LogP contribution in [0.1, 0.15) is 15.9 Å². The fourth-order valence-corrected chi connectivity index (χ4v) is 3.52. The van der Waals surface area contributed by atoms with Crippen molar-refractivity contribution in [3.05, 3.63) is 51.5 Å². The van der Waals surface area contributed by atoms with Crippen molar-refractivity contribution in [1.82, 2.24) is 0 Å². The highest BCUT2D eigenvalue weighted by Gasteiger charge is 2.81. The van der Waals surface area contributed by atoms with E-state index in [4.69, 9.17) is 33.0 Å². The minimum atomic E-state index is -6.96. The van der Waals surface area contributed by atoms with Crippen molar-refractivity contribution in [1.29, 1.82) is 0 Å². The van der Waals surface area contributed by atoms with E-state index in [-0.39, 0.29) is 23.6 Å². The predicted molar refractivity (Wildman–Crippen MR) is 109 cm³/mol. The van der Waals surface area contributed by atoms with E-state index in [1.807, 2.05) is 10.6 Å². The van der Waals surface area contributed by atoms with Crippen molar-refractivity contribution >= 4 is 46.6 Å². The Hall–Kier alpha value is -3.07. The number of carbonyl (C=O) groups excluding carboxylic acids is 1. The molecular formula is C19H11Cl2F9N2O4. The van der Waals surface area contributed by atoms with Gasteiger partial charge in [-0.1, -0.05) is 29.3 Å². The first-order valence-electron chi connectivity index (χ1n) is 8.97. The SMILES string of the molecule is COc1c(NC(=O)O)cccc1C(=O)Nc1c(Cl)cc(C(F)(C(F)(F)F)C(F)(F)C(F)(F)F)cc1Cl. The fourth-order valence-electron chi connectivity index (χ4n) is 2.94.